The number of benzene rings is 2. The van der Waals surface area contributed by atoms with Gasteiger partial charge in [-0.3, -0.25) is 13.9 Å². The molecule has 0 radical (unpaired) electrons. The third-order valence-electron chi connectivity index (χ3n) is 4.66. The first kappa shape index (κ1) is 21.6. The van der Waals surface area contributed by atoms with E-state index in [1.165, 1.54) is 4.31 Å². The Morgan fingerprint density at radius 2 is 1.83 bits per heavy atom. The third-order valence-corrected chi connectivity index (χ3v) is 5.84. The Morgan fingerprint density at radius 1 is 1.13 bits per heavy atom. The van der Waals surface area contributed by atoms with Crippen LogP contribution in [0.3, 0.4) is 0 Å². The maximum absolute atomic E-state index is 12.9. The van der Waals surface area contributed by atoms with E-state index in [1.807, 2.05) is 6.92 Å². The van der Waals surface area contributed by atoms with Gasteiger partial charge in [0, 0.05) is 19.5 Å². The number of hydrogen-bond acceptors (Lipinski definition) is 5. The Balaban J connectivity index is 1.82. The van der Waals surface area contributed by atoms with E-state index in [9.17, 15) is 18.0 Å². The van der Waals surface area contributed by atoms with Gasteiger partial charge < -0.3 is 15.4 Å². The van der Waals surface area contributed by atoms with E-state index in [2.05, 4.69) is 10.6 Å². The van der Waals surface area contributed by atoms with Crippen LogP contribution in [0.2, 0.25) is 0 Å². The van der Waals surface area contributed by atoms with Gasteiger partial charge in [0.25, 0.3) is 11.8 Å². The summed E-state index contributed by atoms with van der Waals surface area (Å²) >= 11 is 0. The Labute approximate surface area is 176 Å². The summed E-state index contributed by atoms with van der Waals surface area (Å²) in [6, 6.07) is 13.4. The molecule has 0 fully saturated rings. The first-order valence-corrected chi connectivity index (χ1v) is 11.6. The van der Waals surface area contributed by atoms with Gasteiger partial charge in [0.15, 0.2) is 6.10 Å². The van der Waals surface area contributed by atoms with Crippen molar-refractivity contribution in [1.29, 1.82) is 0 Å². The fourth-order valence-corrected chi connectivity index (χ4v) is 4.14. The number of sulfonamides is 1. The number of nitrogens with zero attached hydrogens (tertiary/aromatic N) is 1. The molecule has 1 aliphatic heterocycles. The van der Waals surface area contributed by atoms with E-state index in [4.69, 9.17) is 4.74 Å². The number of fused-ring (bicyclic) bond motifs is 1. The molecule has 1 atom stereocenters. The van der Waals surface area contributed by atoms with Crippen LogP contribution >= 0.6 is 0 Å². The number of ether oxygens (including phenoxy) is 1. The zero-order valence-electron chi connectivity index (χ0n) is 16.9. The van der Waals surface area contributed by atoms with Crippen molar-refractivity contribution >= 4 is 33.2 Å². The van der Waals surface area contributed by atoms with Crippen LogP contribution in [0, 0.1) is 0 Å². The standard InChI is InChI=1S/C21H25N3O5S/c1-3-13-22-20(25)15-8-4-5-9-16(15)23-21(26)19-12-14-24(30(2,27)28)17-10-6-7-11-18(17)29-19/h4-11,19H,3,12-14H2,1-2H3,(H,22,25)(H,23,26)/t19-/m1/s1. The Kier molecular flexibility index (Phi) is 6.61. The fraction of sp³-hybridized carbons (Fsp3) is 0.333. The summed E-state index contributed by atoms with van der Waals surface area (Å²) in [6.07, 6.45) is 1.17. The average Bonchev–Trinajstić information content (AvgIpc) is 2.92. The molecule has 30 heavy (non-hydrogen) atoms. The van der Waals surface area contributed by atoms with E-state index in [0.717, 1.165) is 12.7 Å². The van der Waals surface area contributed by atoms with Crippen LogP contribution in [0.15, 0.2) is 48.5 Å². The van der Waals surface area contributed by atoms with Crippen LogP contribution in [-0.2, 0) is 14.8 Å². The van der Waals surface area contributed by atoms with E-state index in [-0.39, 0.29) is 18.9 Å². The molecule has 2 aromatic rings. The van der Waals surface area contributed by atoms with Crippen LogP contribution < -0.4 is 19.7 Å². The highest BCUT2D eigenvalue weighted by Crippen LogP contribution is 2.34. The highest BCUT2D eigenvalue weighted by Gasteiger charge is 2.31. The minimum absolute atomic E-state index is 0.104. The second-order valence-electron chi connectivity index (χ2n) is 6.99. The molecule has 2 N–H and O–H groups in total. The number of para-hydroxylation sites is 3. The van der Waals surface area contributed by atoms with Crippen LogP contribution in [0.4, 0.5) is 11.4 Å². The molecule has 0 aliphatic carbocycles. The number of hydrogen-bond donors (Lipinski definition) is 2. The summed E-state index contributed by atoms with van der Waals surface area (Å²) in [5.74, 6) is -0.409. The molecular formula is C21H25N3O5S. The van der Waals surface area contributed by atoms with E-state index in [0.29, 0.717) is 29.2 Å². The summed E-state index contributed by atoms with van der Waals surface area (Å²) < 4.78 is 31.5. The van der Waals surface area contributed by atoms with Crippen molar-refractivity contribution in [3.8, 4) is 5.75 Å². The number of carbonyl (C=O) groups excluding carboxylic acids is 2. The lowest BCUT2D eigenvalue weighted by Gasteiger charge is -2.20. The van der Waals surface area contributed by atoms with Crippen molar-refractivity contribution in [2.24, 2.45) is 0 Å². The molecule has 1 heterocycles. The summed E-state index contributed by atoms with van der Waals surface area (Å²) in [5, 5.41) is 5.55. The minimum atomic E-state index is -3.53. The molecule has 9 heteroatoms. The van der Waals surface area contributed by atoms with Crippen molar-refractivity contribution in [1.82, 2.24) is 5.32 Å². The van der Waals surface area contributed by atoms with Gasteiger partial charge in [-0.05, 0) is 30.7 Å². The molecule has 0 saturated carbocycles. The lowest BCUT2D eigenvalue weighted by atomic mass is 10.1. The van der Waals surface area contributed by atoms with Crippen LogP contribution in [0.1, 0.15) is 30.1 Å². The summed E-state index contributed by atoms with van der Waals surface area (Å²) in [7, 11) is -3.53. The Hall–Kier alpha value is -3.07. The van der Waals surface area contributed by atoms with Crippen LogP contribution in [0.5, 0.6) is 5.75 Å². The van der Waals surface area contributed by atoms with Crippen molar-refractivity contribution in [2.75, 3.05) is 29.0 Å². The fourth-order valence-electron chi connectivity index (χ4n) is 3.20. The minimum Gasteiger partial charge on any atom is -0.478 e. The van der Waals surface area contributed by atoms with Gasteiger partial charge in [0.05, 0.1) is 23.2 Å². The number of rotatable bonds is 6. The summed E-state index contributed by atoms with van der Waals surface area (Å²) in [5.41, 5.74) is 1.12. The molecular weight excluding hydrogens is 406 g/mol. The zero-order valence-corrected chi connectivity index (χ0v) is 17.7. The van der Waals surface area contributed by atoms with Gasteiger partial charge in [-0.25, -0.2) is 8.42 Å². The summed E-state index contributed by atoms with van der Waals surface area (Å²) in [4.78, 5) is 25.3. The highest BCUT2D eigenvalue weighted by atomic mass is 32.2. The molecule has 0 aromatic heterocycles. The molecule has 0 bridgehead atoms. The van der Waals surface area contributed by atoms with Gasteiger partial charge in [0.1, 0.15) is 5.75 Å². The largest absolute Gasteiger partial charge is 0.478 e. The second kappa shape index (κ2) is 9.17. The normalized spacial score (nSPS) is 16.1. The van der Waals surface area contributed by atoms with Crippen molar-refractivity contribution in [3.63, 3.8) is 0 Å². The summed E-state index contributed by atoms with van der Waals surface area (Å²) in [6.45, 7) is 2.59. The lowest BCUT2D eigenvalue weighted by Crippen LogP contribution is -2.36. The molecule has 0 unspecified atom stereocenters. The van der Waals surface area contributed by atoms with Gasteiger partial charge in [-0.1, -0.05) is 31.2 Å². The van der Waals surface area contributed by atoms with Crippen LogP contribution in [-0.4, -0.2) is 45.7 Å². The topological polar surface area (TPSA) is 105 Å². The van der Waals surface area contributed by atoms with Crippen molar-refractivity contribution in [3.05, 3.63) is 54.1 Å². The van der Waals surface area contributed by atoms with Crippen molar-refractivity contribution < 1.29 is 22.7 Å². The van der Waals surface area contributed by atoms with Gasteiger partial charge in [-0.2, -0.15) is 0 Å². The number of amides is 2. The molecule has 2 amide bonds. The van der Waals surface area contributed by atoms with Gasteiger partial charge in [0.2, 0.25) is 10.0 Å². The highest BCUT2D eigenvalue weighted by molar-refractivity contribution is 7.92. The maximum atomic E-state index is 12.9. The first-order valence-electron chi connectivity index (χ1n) is 9.72. The molecule has 1 aliphatic rings. The Morgan fingerprint density at radius 3 is 2.57 bits per heavy atom. The van der Waals surface area contributed by atoms with Gasteiger partial charge >= 0.3 is 0 Å². The number of anilines is 2. The monoisotopic (exact) mass is 431 g/mol. The predicted octanol–water partition coefficient (Wildman–Crippen LogP) is 2.38. The molecule has 0 spiro atoms. The Bertz CT molecular complexity index is 1040. The van der Waals surface area contributed by atoms with Gasteiger partial charge in [-0.15, -0.1) is 0 Å². The molecule has 3 rings (SSSR count). The quantitative estimate of drug-likeness (QED) is 0.731. The van der Waals surface area contributed by atoms with Crippen molar-refractivity contribution in [2.45, 2.75) is 25.9 Å². The SMILES string of the molecule is CCCNC(=O)c1ccccc1NC(=O)[C@H]1CCN(S(C)(=O)=O)c2ccccc2O1. The maximum Gasteiger partial charge on any atom is 0.265 e. The molecule has 8 nitrogen and oxygen atoms in total. The molecule has 2 aromatic carbocycles. The molecule has 0 saturated heterocycles. The molecule has 160 valence electrons. The zero-order chi connectivity index (χ0) is 21.7. The van der Waals surface area contributed by atoms with E-state index in [1.54, 1.807) is 48.5 Å². The lowest BCUT2D eigenvalue weighted by molar-refractivity contribution is -0.122. The third kappa shape index (κ3) is 4.91. The van der Waals surface area contributed by atoms with E-state index < -0.39 is 22.0 Å². The number of nitrogens with one attached hydrogen (secondary N) is 2. The van der Waals surface area contributed by atoms with Crippen LogP contribution in [0.25, 0.3) is 0 Å². The smallest absolute Gasteiger partial charge is 0.265 e. The predicted molar refractivity (Wildman–Crippen MR) is 115 cm³/mol. The first-order chi connectivity index (χ1) is 14.3. The second-order valence-corrected chi connectivity index (χ2v) is 8.90. The average molecular weight is 432 g/mol. The number of carbonyl (C=O) groups is 2. The van der Waals surface area contributed by atoms with E-state index >= 15 is 0 Å².